The number of hydrogen-bond acceptors (Lipinski definition) is 3. The maximum Gasteiger partial charge on any atom is 0.264 e. The van der Waals surface area contributed by atoms with E-state index in [1.165, 1.54) is 4.90 Å². The van der Waals surface area contributed by atoms with Gasteiger partial charge in [-0.1, -0.05) is 36.4 Å². The van der Waals surface area contributed by atoms with Crippen molar-refractivity contribution in [2.24, 2.45) is 0 Å². The second-order valence-electron chi connectivity index (χ2n) is 5.10. The van der Waals surface area contributed by atoms with Gasteiger partial charge in [-0.25, -0.2) is 0 Å². The van der Waals surface area contributed by atoms with Gasteiger partial charge in [0, 0.05) is 7.05 Å². The van der Waals surface area contributed by atoms with Crippen LogP contribution in [0.5, 0.6) is 5.75 Å². The van der Waals surface area contributed by atoms with Crippen LogP contribution in [0.4, 0.5) is 11.4 Å². The van der Waals surface area contributed by atoms with Gasteiger partial charge < -0.3 is 15.0 Å². The van der Waals surface area contributed by atoms with E-state index in [1.807, 2.05) is 30.3 Å². The van der Waals surface area contributed by atoms with Crippen LogP contribution in [0.3, 0.4) is 0 Å². The molecule has 0 aromatic heterocycles. The predicted molar refractivity (Wildman–Crippen MR) is 84.1 cm³/mol. The molecule has 0 radical (unpaired) electrons. The van der Waals surface area contributed by atoms with Gasteiger partial charge in [-0.2, -0.15) is 0 Å². The van der Waals surface area contributed by atoms with Gasteiger partial charge >= 0.3 is 0 Å². The van der Waals surface area contributed by atoms with E-state index in [0.29, 0.717) is 17.1 Å². The molecule has 22 heavy (non-hydrogen) atoms. The normalized spacial score (nSPS) is 13.3. The van der Waals surface area contributed by atoms with Crippen molar-refractivity contribution >= 4 is 23.2 Å². The maximum atomic E-state index is 12.2. The molecule has 1 aliphatic rings. The van der Waals surface area contributed by atoms with Crippen LogP contribution in [0.25, 0.3) is 0 Å². The summed E-state index contributed by atoms with van der Waals surface area (Å²) >= 11 is 0. The largest absolute Gasteiger partial charge is 0.481 e. The minimum atomic E-state index is -0.141. The van der Waals surface area contributed by atoms with Crippen molar-refractivity contribution in [3.05, 3.63) is 54.1 Å². The lowest BCUT2D eigenvalue weighted by Gasteiger charge is -2.28. The Bertz CT molecular complexity index is 713. The highest BCUT2D eigenvalue weighted by Gasteiger charge is 2.25. The fourth-order valence-corrected chi connectivity index (χ4v) is 2.42. The van der Waals surface area contributed by atoms with Gasteiger partial charge in [0.15, 0.2) is 6.61 Å². The van der Waals surface area contributed by atoms with Crippen molar-refractivity contribution < 1.29 is 14.3 Å². The van der Waals surface area contributed by atoms with Crippen molar-refractivity contribution in [2.45, 2.75) is 6.42 Å². The Morgan fingerprint density at radius 3 is 2.73 bits per heavy atom. The number of likely N-dealkylation sites (N-methyl/N-ethyl adjacent to an activating group) is 1. The van der Waals surface area contributed by atoms with E-state index in [0.717, 1.165) is 5.56 Å². The molecule has 0 aliphatic carbocycles. The molecule has 0 saturated heterocycles. The summed E-state index contributed by atoms with van der Waals surface area (Å²) in [6.07, 6.45) is 0.281. The molecule has 2 aromatic carbocycles. The van der Waals surface area contributed by atoms with Crippen LogP contribution in [-0.4, -0.2) is 25.5 Å². The molecule has 0 bridgehead atoms. The Balaban J connectivity index is 1.81. The molecule has 0 atom stereocenters. The number of anilines is 2. The zero-order valence-corrected chi connectivity index (χ0v) is 12.2. The van der Waals surface area contributed by atoms with E-state index in [1.54, 1.807) is 25.2 Å². The van der Waals surface area contributed by atoms with E-state index >= 15 is 0 Å². The number of carbonyl (C=O) groups is 2. The summed E-state index contributed by atoms with van der Waals surface area (Å²) in [4.78, 5) is 25.5. The number of rotatable bonds is 3. The van der Waals surface area contributed by atoms with E-state index in [2.05, 4.69) is 5.32 Å². The van der Waals surface area contributed by atoms with Crippen molar-refractivity contribution in [1.82, 2.24) is 0 Å². The number of carbonyl (C=O) groups excluding carboxylic acids is 2. The zero-order chi connectivity index (χ0) is 15.5. The van der Waals surface area contributed by atoms with Gasteiger partial charge in [0.2, 0.25) is 5.91 Å². The third-order valence-electron chi connectivity index (χ3n) is 3.54. The fraction of sp³-hybridized carbons (Fsp3) is 0.176. The van der Waals surface area contributed by atoms with Crippen molar-refractivity contribution in [3.63, 3.8) is 0 Å². The molecule has 1 heterocycles. The summed E-state index contributed by atoms with van der Waals surface area (Å²) in [6.45, 7) is 0.0188. The van der Waals surface area contributed by atoms with E-state index in [4.69, 9.17) is 4.74 Å². The summed E-state index contributed by atoms with van der Waals surface area (Å²) in [5.74, 6) is 0.322. The van der Waals surface area contributed by atoms with Crippen molar-refractivity contribution in [1.29, 1.82) is 0 Å². The van der Waals surface area contributed by atoms with Crippen LogP contribution >= 0.6 is 0 Å². The molecule has 112 valence electrons. The highest BCUT2D eigenvalue weighted by atomic mass is 16.5. The van der Waals surface area contributed by atoms with Crippen LogP contribution in [0.15, 0.2) is 48.5 Å². The molecule has 0 spiro atoms. The second-order valence-corrected chi connectivity index (χ2v) is 5.10. The summed E-state index contributed by atoms with van der Waals surface area (Å²) < 4.78 is 5.40. The van der Waals surface area contributed by atoms with Gasteiger partial charge in [-0.15, -0.1) is 0 Å². The molecular weight excluding hydrogens is 280 g/mol. The first-order valence-corrected chi connectivity index (χ1v) is 7.01. The van der Waals surface area contributed by atoms with Crippen LogP contribution in [0, 0.1) is 0 Å². The fourth-order valence-electron chi connectivity index (χ4n) is 2.42. The molecule has 0 fully saturated rings. The predicted octanol–water partition coefficient (Wildman–Crippen LogP) is 2.22. The number of ether oxygens (including phenoxy) is 1. The maximum absolute atomic E-state index is 12.2. The third kappa shape index (κ3) is 2.79. The lowest BCUT2D eigenvalue weighted by Crippen LogP contribution is -2.36. The molecule has 5 nitrogen and oxygen atoms in total. The van der Waals surface area contributed by atoms with Gasteiger partial charge in [-0.05, 0) is 17.7 Å². The lowest BCUT2D eigenvalue weighted by molar-refractivity contribution is -0.121. The topological polar surface area (TPSA) is 58.6 Å². The SMILES string of the molecule is CN1C(=O)COc2cccc(NC(=O)Cc3ccccc3)c21. The summed E-state index contributed by atoms with van der Waals surface area (Å²) in [5.41, 5.74) is 2.11. The summed E-state index contributed by atoms with van der Waals surface area (Å²) in [6, 6.07) is 14.8. The monoisotopic (exact) mass is 296 g/mol. The molecule has 1 N–H and O–H groups in total. The summed E-state index contributed by atoms with van der Waals surface area (Å²) in [7, 11) is 1.68. The highest BCUT2D eigenvalue weighted by molar-refractivity contribution is 6.04. The van der Waals surface area contributed by atoms with Crippen molar-refractivity contribution in [2.75, 3.05) is 23.9 Å². The Morgan fingerprint density at radius 2 is 1.95 bits per heavy atom. The number of para-hydroxylation sites is 1. The molecule has 3 rings (SSSR count). The zero-order valence-electron chi connectivity index (χ0n) is 12.2. The lowest BCUT2D eigenvalue weighted by atomic mass is 10.1. The molecule has 5 heteroatoms. The summed E-state index contributed by atoms with van der Waals surface area (Å²) in [5, 5.41) is 2.86. The van der Waals surface area contributed by atoms with Crippen LogP contribution < -0.4 is 15.0 Å². The van der Waals surface area contributed by atoms with Crippen LogP contribution in [0.1, 0.15) is 5.56 Å². The van der Waals surface area contributed by atoms with Crippen LogP contribution in [0.2, 0.25) is 0 Å². The molecule has 2 aromatic rings. The Morgan fingerprint density at radius 1 is 1.18 bits per heavy atom. The number of benzene rings is 2. The Kier molecular flexibility index (Phi) is 3.78. The standard InChI is InChI=1S/C17H16N2O3/c1-19-16(21)11-22-14-9-5-8-13(17(14)19)18-15(20)10-12-6-3-2-4-7-12/h2-9H,10-11H2,1H3,(H,18,20). The van der Waals surface area contributed by atoms with Gasteiger partial charge in [0.05, 0.1) is 12.1 Å². The number of amides is 2. The number of fused-ring (bicyclic) bond motifs is 1. The third-order valence-corrected chi connectivity index (χ3v) is 3.54. The Labute approximate surface area is 128 Å². The minimum Gasteiger partial charge on any atom is -0.481 e. The Hall–Kier alpha value is -2.82. The number of hydrogen-bond donors (Lipinski definition) is 1. The second kappa shape index (κ2) is 5.89. The molecule has 2 amide bonds. The van der Waals surface area contributed by atoms with Gasteiger partial charge in [0.1, 0.15) is 11.4 Å². The molecule has 0 unspecified atom stereocenters. The quantitative estimate of drug-likeness (QED) is 0.945. The van der Waals surface area contributed by atoms with E-state index in [9.17, 15) is 9.59 Å². The minimum absolute atomic E-state index is 0.0188. The molecular formula is C17H16N2O3. The smallest absolute Gasteiger partial charge is 0.264 e. The number of nitrogens with one attached hydrogen (secondary N) is 1. The average molecular weight is 296 g/mol. The van der Waals surface area contributed by atoms with Crippen molar-refractivity contribution in [3.8, 4) is 5.75 Å². The van der Waals surface area contributed by atoms with Gasteiger partial charge in [0.25, 0.3) is 5.91 Å². The highest BCUT2D eigenvalue weighted by Crippen LogP contribution is 2.37. The molecule has 0 saturated carbocycles. The molecule has 1 aliphatic heterocycles. The number of nitrogens with zero attached hydrogens (tertiary/aromatic N) is 1. The first-order chi connectivity index (χ1) is 10.6. The van der Waals surface area contributed by atoms with Crippen LogP contribution in [-0.2, 0) is 16.0 Å². The average Bonchev–Trinajstić information content (AvgIpc) is 2.52. The van der Waals surface area contributed by atoms with Gasteiger partial charge in [-0.3, -0.25) is 9.59 Å². The first-order valence-electron chi connectivity index (χ1n) is 7.01. The van der Waals surface area contributed by atoms with E-state index in [-0.39, 0.29) is 24.8 Å². The first kappa shape index (κ1) is 14.1. The van der Waals surface area contributed by atoms with E-state index < -0.39 is 0 Å².